The fraction of sp³-hybridized carbons (Fsp3) is 0.100. The van der Waals surface area contributed by atoms with Gasteiger partial charge in [-0.1, -0.05) is 29.8 Å². The standard InChI is InChI=1S/C20H14ClNO7S/c21-14-7-11(8-16-18(25)22(9-17(23)24)20(28)30-16)4-5-15(14)29-10-12-2-1-3-13(6-12)19(26)27/h1-8H,9-10H2,(H,23,24)(H,26,27)/b16-8+. The van der Waals surface area contributed by atoms with Crippen LogP contribution in [0.25, 0.3) is 6.08 Å². The zero-order chi connectivity index (χ0) is 21.8. The maximum absolute atomic E-state index is 12.2. The molecule has 1 saturated heterocycles. The molecule has 8 nitrogen and oxygen atoms in total. The highest BCUT2D eigenvalue weighted by Crippen LogP contribution is 2.33. The largest absolute Gasteiger partial charge is 0.487 e. The number of carboxylic acids is 2. The Balaban J connectivity index is 1.71. The van der Waals surface area contributed by atoms with E-state index in [-0.39, 0.29) is 22.1 Å². The van der Waals surface area contributed by atoms with Crippen molar-refractivity contribution in [1.82, 2.24) is 4.90 Å². The summed E-state index contributed by atoms with van der Waals surface area (Å²) in [5, 5.41) is 17.4. The van der Waals surface area contributed by atoms with E-state index >= 15 is 0 Å². The van der Waals surface area contributed by atoms with Gasteiger partial charge in [0.15, 0.2) is 0 Å². The number of carbonyl (C=O) groups is 4. The van der Waals surface area contributed by atoms with Crippen molar-refractivity contribution < 1.29 is 34.1 Å². The minimum Gasteiger partial charge on any atom is -0.487 e. The number of nitrogens with zero attached hydrogens (tertiary/aromatic N) is 1. The number of halogens is 1. The topological polar surface area (TPSA) is 121 Å². The lowest BCUT2D eigenvalue weighted by atomic mass is 10.1. The van der Waals surface area contributed by atoms with Crippen molar-refractivity contribution in [1.29, 1.82) is 0 Å². The number of aromatic carboxylic acids is 1. The summed E-state index contributed by atoms with van der Waals surface area (Å²) < 4.78 is 5.64. The summed E-state index contributed by atoms with van der Waals surface area (Å²) in [7, 11) is 0. The molecule has 0 aliphatic carbocycles. The molecule has 3 rings (SSSR count). The van der Waals surface area contributed by atoms with E-state index in [0.29, 0.717) is 33.5 Å². The van der Waals surface area contributed by atoms with Crippen molar-refractivity contribution in [3.05, 3.63) is 69.1 Å². The van der Waals surface area contributed by atoms with Crippen LogP contribution >= 0.6 is 23.4 Å². The molecule has 1 aliphatic rings. The second-order valence-electron chi connectivity index (χ2n) is 6.15. The average Bonchev–Trinajstić information content (AvgIpc) is 2.94. The smallest absolute Gasteiger partial charge is 0.335 e. The monoisotopic (exact) mass is 447 g/mol. The third-order valence-electron chi connectivity index (χ3n) is 3.99. The van der Waals surface area contributed by atoms with Gasteiger partial charge in [-0.25, -0.2) is 4.79 Å². The Labute approximate surface area is 179 Å². The summed E-state index contributed by atoms with van der Waals surface area (Å²) in [6.07, 6.45) is 1.44. The molecule has 154 valence electrons. The number of aliphatic carboxylic acids is 1. The van der Waals surface area contributed by atoms with Gasteiger partial charge in [-0.05, 0) is 53.2 Å². The van der Waals surface area contributed by atoms with Gasteiger partial charge in [0.2, 0.25) is 0 Å². The molecule has 2 aromatic rings. The Morgan fingerprint density at radius 1 is 1.13 bits per heavy atom. The van der Waals surface area contributed by atoms with Crippen LogP contribution < -0.4 is 4.74 Å². The number of amides is 2. The van der Waals surface area contributed by atoms with Crippen LogP contribution in [0.2, 0.25) is 5.02 Å². The summed E-state index contributed by atoms with van der Waals surface area (Å²) >= 11 is 6.88. The molecule has 0 spiro atoms. The lowest BCUT2D eigenvalue weighted by Gasteiger charge is -2.09. The quantitative estimate of drug-likeness (QED) is 0.615. The number of thioether (sulfide) groups is 1. The van der Waals surface area contributed by atoms with E-state index < -0.39 is 29.6 Å². The molecule has 0 radical (unpaired) electrons. The first-order valence-corrected chi connectivity index (χ1v) is 9.66. The Morgan fingerprint density at radius 2 is 1.90 bits per heavy atom. The first-order valence-electron chi connectivity index (χ1n) is 8.46. The van der Waals surface area contributed by atoms with Gasteiger partial charge in [0.1, 0.15) is 18.9 Å². The molecule has 2 aromatic carbocycles. The van der Waals surface area contributed by atoms with Gasteiger partial charge in [0, 0.05) is 0 Å². The van der Waals surface area contributed by atoms with Crippen molar-refractivity contribution in [3.8, 4) is 5.75 Å². The maximum atomic E-state index is 12.2. The maximum Gasteiger partial charge on any atom is 0.335 e. The van der Waals surface area contributed by atoms with Gasteiger partial charge in [-0.2, -0.15) is 0 Å². The zero-order valence-corrected chi connectivity index (χ0v) is 16.8. The third-order valence-corrected chi connectivity index (χ3v) is 5.19. The SMILES string of the molecule is O=C(O)CN1C(=O)S/C(=C/c2ccc(OCc3cccc(C(=O)O)c3)c(Cl)c2)C1=O. The summed E-state index contributed by atoms with van der Waals surface area (Å²) in [5.74, 6) is -2.64. The van der Waals surface area contributed by atoms with E-state index in [2.05, 4.69) is 0 Å². The summed E-state index contributed by atoms with van der Waals surface area (Å²) in [6, 6.07) is 11.1. The van der Waals surface area contributed by atoms with E-state index in [1.165, 1.54) is 24.3 Å². The van der Waals surface area contributed by atoms with Crippen molar-refractivity contribution in [3.63, 3.8) is 0 Å². The first-order chi connectivity index (χ1) is 14.2. The zero-order valence-electron chi connectivity index (χ0n) is 15.2. The van der Waals surface area contributed by atoms with Gasteiger partial charge in [0.25, 0.3) is 11.1 Å². The highest BCUT2D eigenvalue weighted by Gasteiger charge is 2.36. The molecule has 1 aliphatic heterocycles. The van der Waals surface area contributed by atoms with Crippen LogP contribution in [0.15, 0.2) is 47.4 Å². The van der Waals surface area contributed by atoms with Crippen LogP contribution in [0.3, 0.4) is 0 Å². The number of hydrogen-bond donors (Lipinski definition) is 2. The average molecular weight is 448 g/mol. The number of benzene rings is 2. The van der Waals surface area contributed by atoms with E-state index in [9.17, 15) is 19.2 Å². The number of imide groups is 1. The Morgan fingerprint density at radius 3 is 2.57 bits per heavy atom. The summed E-state index contributed by atoms with van der Waals surface area (Å²) in [4.78, 5) is 46.6. The summed E-state index contributed by atoms with van der Waals surface area (Å²) in [6.45, 7) is -0.590. The molecule has 2 amide bonds. The molecule has 0 atom stereocenters. The summed E-state index contributed by atoms with van der Waals surface area (Å²) in [5.41, 5.74) is 1.33. The van der Waals surface area contributed by atoms with Gasteiger partial charge in [0.05, 0.1) is 15.5 Å². The molecular formula is C20H14ClNO7S. The van der Waals surface area contributed by atoms with E-state index in [4.69, 9.17) is 26.6 Å². The number of carbonyl (C=O) groups excluding carboxylic acids is 2. The lowest BCUT2D eigenvalue weighted by Crippen LogP contribution is -2.33. The van der Waals surface area contributed by atoms with E-state index in [1.807, 2.05) is 0 Å². The van der Waals surface area contributed by atoms with Crippen LogP contribution in [0, 0.1) is 0 Å². The molecule has 10 heteroatoms. The first kappa shape index (κ1) is 21.4. The molecule has 1 fully saturated rings. The Hall–Kier alpha value is -3.30. The molecule has 0 saturated carbocycles. The second-order valence-corrected chi connectivity index (χ2v) is 7.55. The van der Waals surface area contributed by atoms with Crippen molar-refractivity contribution in [2.45, 2.75) is 6.61 Å². The van der Waals surface area contributed by atoms with Crippen LogP contribution in [0.5, 0.6) is 5.75 Å². The predicted molar refractivity (Wildman–Crippen MR) is 109 cm³/mol. The number of carboxylic acid groups (broad SMARTS) is 2. The van der Waals surface area contributed by atoms with E-state index in [0.717, 1.165) is 0 Å². The number of ether oxygens (including phenoxy) is 1. The molecule has 30 heavy (non-hydrogen) atoms. The van der Waals surface area contributed by atoms with Gasteiger partial charge >= 0.3 is 11.9 Å². The molecule has 2 N–H and O–H groups in total. The third kappa shape index (κ3) is 5.00. The Bertz CT molecular complexity index is 1080. The van der Waals surface area contributed by atoms with Crippen LogP contribution in [-0.2, 0) is 16.2 Å². The molecule has 1 heterocycles. The highest BCUT2D eigenvalue weighted by molar-refractivity contribution is 8.18. The van der Waals surface area contributed by atoms with E-state index in [1.54, 1.807) is 24.3 Å². The Kier molecular flexibility index (Phi) is 6.43. The van der Waals surface area contributed by atoms with Crippen LogP contribution in [0.4, 0.5) is 4.79 Å². The minimum absolute atomic E-state index is 0.0940. The lowest BCUT2D eigenvalue weighted by molar-refractivity contribution is -0.140. The predicted octanol–water partition coefficient (Wildman–Crippen LogP) is 3.74. The van der Waals surface area contributed by atoms with Crippen molar-refractivity contribution in [2.75, 3.05) is 6.54 Å². The van der Waals surface area contributed by atoms with Gasteiger partial charge in [-0.15, -0.1) is 0 Å². The van der Waals surface area contributed by atoms with Gasteiger partial charge < -0.3 is 14.9 Å². The normalized spacial score (nSPS) is 15.0. The fourth-order valence-electron chi connectivity index (χ4n) is 2.60. The highest BCUT2D eigenvalue weighted by atomic mass is 35.5. The van der Waals surface area contributed by atoms with Gasteiger partial charge in [-0.3, -0.25) is 19.3 Å². The number of rotatable bonds is 7. The van der Waals surface area contributed by atoms with Crippen LogP contribution in [-0.4, -0.2) is 44.7 Å². The molecule has 0 unspecified atom stereocenters. The van der Waals surface area contributed by atoms with Crippen molar-refractivity contribution in [2.24, 2.45) is 0 Å². The second kappa shape index (κ2) is 9.02. The van der Waals surface area contributed by atoms with Crippen molar-refractivity contribution >= 4 is 52.5 Å². The molecular weight excluding hydrogens is 434 g/mol. The molecule has 0 aromatic heterocycles. The molecule has 0 bridgehead atoms. The number of hydrogen-bond acceptors (Lipinski definition) is 6. The fourth-order valence-corrected chi connectivity index (χ4v) is 3.68. The van der Waals surface area contributed by atoms with Crippen LogP contribution in [0.1, 0.15) is 21.5 Å². The minimum atomic E-state index is -1.28.